The molecular formula is C88H124F4N4O4P4. The lowest BCUT2D eigenvalue weighted by Gasteiger charge is -2.28. The van der Waals surface area contributed by atoms with Crippen LogP contribution in [0.15, 0.2) is 121 Å². The zero-order valence-corrected chi connectivity index (χ0v) is 71.7. The van der Waals surface area contributed by atoms with Crippen molar-refractivity contribution in [1.29, 1.82) is 0 Å². The minimum absolute atomic E-state index is 0.0110. The maximum absolute atomic E-state index is 14.0. The third-order valence-corrected chi connectivity index (χ3v) is 22.7. The van der Waals surface area contributed by atoms with Crippen LogP contribution in [0.5, 0.6) is 23.0 Å². The summed E-state index contributed by atoms with van der Waals surface area (Å²) in [5.74, 6) is 0.495. The van der Waals surface area contributed by atoms with Crippen LogP contribution in [0.25, 0.3) is 0 Å². The third kappa shape index (κ3) is 28.8. The van der Waals surface area contributed by atoms with Crippen molar-refractivity contribution in [3.63, 3.8) is 0 Å². The Bertz CT molecular complexity index is 4160. The van der Waals surface area contributed by atoms with E-state index in [0.717, 1.165) is 98.1 Å². The van der Waals surface area contributed by atoms with Crippen LogP contribution in [0.2, 0.25) is 0 Å². The molecule has 0 aromatic heterocycles. The molecule has 4 atom stereocenters. The standard InChI is InChI=1S/C25H37FNOP.2C22H31FNOP.C19H25FNOP/c1-23(2,3)17-13-19(24(4,5)6)22(28)21(14-17)29-20-11-10-18(26)12-16(20)15-27-25(7,8)9;1-14-10-16(21(2,3)4)12-19(20(14)25)26-18-9-8-17(23)11-15(18)13-24-22(5,6)7;1-14-10-17(21(2,3)4)20(25)19(11-14)26-18-9-8-16(23)12-15(18)13-24-22(5,6)7;1-12-8-13(2)18(22)17(9-12)23-16-7-6-15(20)10-14(16)11-21-19(3,4)5/h10-14,27-29H,15H2,1-9H3;2*8-12,24-26H,13H2,1-7H3;6-10,21-23H,11H2,1-5H3. The highest BCUT2D eigenvalue weighted by Crippen LogP contribution is 2.38. The topological polar surface area (TPSA) is 129 Å². The molecule has 0 amide bonds. The van der Waals surface area contributed by atoms with Gasteiger partial charge in [-0.25, -0.2) is 17.6 Å². The van der Waals surface area contributed by atoms with Crippen LogP contribution in [0.4, 0.5) is 17.6 Å². The Morgan fingerprint density at radius 1 is 0.269 bits per heavy atom. The predicted octanol–water partition coefficient (Wildman–Crippen LogP) is 18.6. The van der Waals surface area contributed by atoms with Crippen LogP contribution in [-0.2, 0) is 47.8 Å². The summed E-state index contributed by atoms with van der Waals surface area (Å²) in [5.41, 5.74) is 11.6. The minimum atomic E-state index is -0.229. The predicted molar refractivity (Wildman–Crippen MR) is 448 cm³/mol. The second-order valence-electron chi connectivity index (χ2n) is 35.9. The van der Waals surface area contributed by atoms with Crippen LogP contribution in [0, 0.1) is 51.0 Å². The molecule has 0 aliphatic carbocycles. The summed E-state index contributed by atoms with van der Waals surface area (Å²) in [7, 11) is 1.12. The van der Waals surface area contributed by atoms with Gasteiger partial charge in [-0.3, -0.25) is 0 Å². The van der Waals surface area contributed by atoms with Gasteiger partial charge in [0, 0.05) is 80.7 Å². The van der Waals surface area contributed by atoms with E-state index in [-0.39, 0.29) is 92.8 Å². The maximum Gasteiger partial charge on any atom is 0.127 e. The first-order valence-electron chi connectivity index (χ1n) is 36.0. The van der Waals surface area contributed by atoms with E-state index in [1.54, 1.807) is 24.3 Å². The number of halogens is 4. The zero-order chi connectivity index (χ0) is 78.8. The Morgan fingerprint density at radius 3 is 0.788 bits per heavy atom. The number of benzene rings is 8. The molecule has 0 spiro atoms. The first kappa shape index (κ1) is 88.9. The van der Waals surface area contributed by atoms with E-state index < -0.39 is 0 Å². The summed E-state index contributed by atoms with van der Waals surface area (Å²) < 4.78 is 55.2. The van der Waals surface area contributed by atoms with Crippen molar-refractivity contribution in [3.8, 4) is 23.0 Å². The quantitative estimate of drug-likeness (QED) is 0.0355. The van der Waals surface area contributed by atoms with Crippen LogP contribution in [0.3, 0.4) is 0 Å². The van der Waals surface area contributed by atoms with Gasteiger partial charge >= 0.3 is 0 Å². The Hall–Kier alpha value is -5.76. The minimum Gasteiger partial charge on any atom is -0.507 e. The smallest absolute Gasteiger partial charge is 0.127 e. The van der Waals surface area contributed by atoms with Gasteiger partial charge in [-0.1, -0.05) is 166 Å². The molecule has 16 heteroatoms. The largest absolute Gasteiger partial charge is 0.507 e. The van der Waals surface area contributed by atoms with Crippen molar-refractivity contribution >= 4 is 76.8 Å². The number of phenolic OH excluding ortho intramolecular Hbond substituents is 4. The maximum atomic E-state index is 14.0. The molecule has 0 saturated heterocycles. The highest BCUT2D eigenvalue weighted by Gasteiger charge is 2.28. The molecule has 8 aromatic rings. The number of phenols is 4. The van der Waals surface area contributed by atoms with Gasteiger partial charge in [-0.15, -0.1) is 0 Å². The lowest BCUT2D eigenvalue weighted by atomic mass is 9.80. The van der Waals surface area contributed by atoms with Crippen molar-refractivity contribution in [2.75, 3.05) is 0 Å². The summed E-state index contributed by atoms with van der Waals surface area (Å²) in [6.45, 7) is 61.2. The van der Waals surface area contributed by atoms with Crippen LogP contribution in [-0.4, -0.2) is 42.6 Å². The molecule has 0 aliphatic rings. The van der Waals surface area contributed by atoms with E-state index >= 15 is 0 Å². The molecule has 0 heterocycles. The van der Waals surface area contributed by atoms with Crippen LogP contribution in [0.1, 0.15) is 233 Å². The van der Waals surface area contributed by atoms with E-state index in [1.165, 1.54) is 35.4 Å². The highest BCUT2D eigenvalue weighted by molar-refractivity contribution is 7.57. The first-order valence-corrected chi connectivity index (χ1v) is 40.0. The van der Waals surface area contributed by atoms with Gasteiger partial charge < -0.3 is 41.7 Å². The van der Waals surface area contributed by atoms with Crippen LogP contribution >= 0.6 is 34.3 Å². The fourth-order valence-corrected chi connectivity index (χ4v) is 16.2. The fourth-order valence-electron chi connectivity index (χ4n) is 10.9. The Labute approximate surface area is 630 Å². The van der Waals surface area contributed by atoms with E-state index in [0.29, 0.717) is 57.8 Å². The van der Waals surface area contributed by atoms with Crippen molar-refractivity contribution in [2.24, 2.45) is 0 Å². The van der Waals surface area contributed by atoms with Crippen molar-refractivity contribution in [1.82, 2.24) is 21.3 Å². The molecule has 568 valence electrons. The normalized spacial score (nSPS) is 12.9. The molecule has 0 aliphatic heterocycles. The summed E-state index contributed by atoms with van der Waals surface area (Å²) in [6.07, 6.45) is 0. The number of aryl methyl sites for hydroxylation is 4. The molecule has 0 radical (unpaired) electrons. The van der Waals surface area contributed by atoms with Crippen molar-refractivity contribution < 1.29 is 38.0 Å². The molecule has 8 rings (SSSR count). The van der Waals surface area contributed by atoms with Gasteiger partial charge in [0.05, 0.1) is 0 Å². The van der Waals surface area contributed by atoms with Gasteiger partial charge in [0.15, 0.2) is 0 Å². The summed E-state index contributed by atoms with van der Waals surface area (Å²) in [5, 5.41) is 64.4. The Kier molecular flexibility index (Phi) is 30.7. The SMILES string of the molecule is CC(C)(C)NCc1cc(F)ccc1Pc1cc(C(C)(C)C)cc(C(C)(C)C)c1O.Cc1cc(C(C)(C)C)cc(Pc2ccc(F)cc2CNC(C)(C)C)c1O.Cc1cc(C)c(O)c(Pc2ccc(F)cc2CNC(C)(C)C)c1.Cc1cc(Pc2ccc(F)cc2CNC(C)(C)C)c(O)c(C(C)(C)C)c1. The van der Waals surface area contributed by atoms with E-state index in [2.05, 4.69) is 225 Å². The molecule has 0 bridgehead atoms. The van der Waals surface area contributed by atoms with Crippen LogP contribution < -0.4 is 63.7 Å². The average Bonchev–Trinajstić information content (AvgIpc) is 0.792. The molecule has 8 aromatic carbocycles. The average molecular weight is 1500 g/mol. The Balaban J connectivity index is 0.000000250. The number of hydrogen-bond acceptors (Lipinski definition) is 8. The molecule has 4 unspecified atom stereocenters. The second-order valence-corrected chi connectivity index (χ2v) is 41.2. The molecule has 0 saturated carbocycles. The lowest BCUT2D eigenvalue weighted by Crippen LogP contribution is -2.36. The first-order chi connectivity index (χ1) is 47.5. The summed E-state index contributed by atoms with van der Waals surface area (Å²) >= 11 is 0. The van der Waals surface area contributed by atoms with E-state index in [1.807, 2.05) is 63.2 Å². The third-order valence-electron chi connectivity index (χ3n) is 17.0. The number of nitrogens with one attached hydrogen (secondary N) is 4. The molecule has 104 heavy (non-hydrogen) atoms. The van der Waals surface area contributed by atoms with Crippen molar-refractivity contribution in [2.45, 2.75) is 264 Å². The molecule has 8 nitrogen and oxygen atoms in total. The van der Waals surface area contributed by atoms with E-state index in [4.69, 9.17) is 0 Å². The number of aromatic hydroxyl groups is 4. The van der Waals surface area contributed by atoms with Crippen molar-refractivity contribution in [3.05, 3.63) is 211 Å². The summed E-state index contributed by atoms with van der Waals surface area (Å²) in [4.78, 5) is 0. The van der Waals surface area contributed by atoms with Gasteiger partial charge in [-0.2, -0.15) is 0 Å². The second kappa shape index (κ2) is 36.0. The zero-order valence-electron chi connectivity index (χ0n) is 67.7. The molecule has 0 fully saturated rings. The monoisotopic (exact) mass is 1500 g/mol. The highest BCUT2D eigenvalue weighted by atomic mass is 31.1. The number of rotatable bonds is 16. The molecule has 8 N–H and O–H groups in total. The van der Waals surface area contributed by atoms with Gasteiger partial charge in [0.1, 0.15) is 46.3 Å². The Morgan fingerprint density at radius 2 is 0.510 bits per heavy atom. The fraction of sp³-hybridized carbons (Fsp3) is 0.455. The molecular weight excluding hydrogens is 1380 g/mol. The lowest BCUT2D eigenvalue weighted by molar-refractivity contribution is 0.424. The van der Waals surface area contributed by atoms with Gasteiger partial charge in [0.25, 0.3) is 0 Å². The number of hydrogen-bond donors (Lipinski definition) is 8. The van der Waals surface area contributed by atoms with E-state index in [9.17, 15) is 38.0 Å². The van der Waals surface area contributed by atoms with Gasteiger partial charge in [-0.05, 0) is 282 Å². The van der Waals surface area contributed by atoms with Gasteiger partial charge in [0.2, 0.25) is 0 Å². The summed E-state index contributed by atoms with van der Waals surface area (Å²) in [6, 6.07) is 36.2.